The van der Waals surface area contributed by atoms with Crippen molar-refractivity contribution in [3.63, 3.8) is 0 Å². The molecule has 0 fully saturated rings. The number of nitrogens with one attached hydrogen (secondary N) is 1. The number of carbonyl (C=O) groups excluding carboxylic acids is 1. The number of halogens is 1. The Morgan fingerprint density at radius 3 is 2.79 bits per heavy atom. The molecule has 28 heavy (non-hydrogen) atoms. The number of anilines is 1. The van der Waals surface area contributed by atoms with Crippen molar-refractivity contribution in [2.24, 2.45) is 0 Å². The van der Waals surface area contributed by atoms with E-state index in [0.717, 1.165) is 11.1 Å². The molecular formula is C19H19BrN2O5S. The molecule has 0 aromatic heterocycles. The van der Waals surface area contributed by atoms with Gasteiger partial charge in [0.25, 0.3) is 0 Å². The summed E-state index contributed by atoms with van der Waals surface area (Å²) in [5, 5.41) is 0. The molecule has 1 N–H and O–H groups in total. The molecule has 0 unspecified atom stereocenters. The fourth-order valence-electron chi connectivity index (χ4n) is 3.35. The van der Waals surface area contributed by atoms with E-state index in [1.807, 2.05) is 0 Å². The van der Waals surface area contributed by atoms with Crippen LogP contribution in [-0.2, 0) is 27.8 Å². The van der Waals surface area contributed by atoms with Crippen LogP contribution in [0.2, 0.25) is 0 Å². The van der Waals surface area contributed by atoms with E-state index < -0.39 is 10.0 Å². The number of amides is 1. The molecule has 148 valence electrons. The molecule has 1 amide bonds. The van der Waals surface area contributed by atoms with Gasteiger partial charge >= 0.3 is 0 Å². The van der Waals surface area contributed by atoms with Crippen LogP contribution in [0.5, 0.6) is 11.5 Å². The number of rotatable bonds is 5. The zero-order valence-electron chi connectivity index (χ0n) is 15.2. The number of ether oxygens (including phenoxy) is 2. The largest absolute Gasteiger partial charge is 0.454 e. The quantitative estimate of drug-likeness (QED) is 0.731. The summed E-state index contributed by atoms with van der Waals surface area (Å²) in [5.41, 5.74) is 2.38. The molecule has 0 saturated heterocycles. The molecule has 2 heterocycles. The van der Waals surface area contributed by atoms with E-state index in [1.165, 1.54) is 0 Å². The molecule has 2 aromatic rings. The lowest BCUT2D eigenvalue weighted by Gasteiger charge is -2.18. The van der Waals surface area contributed by atoms with E-state index in [0.29, 0.717) is 41.0 Å². The van der Waals surface area contributed by atoms with Gasteiger partial charge in [-0.05, 0) is 57.7 Å². The van der Waals surface area contributed by atoms with Crippen molar-refractivity contribution in [1.29, 1.82) is 0 Å². The summed E-state index contributed by atoms with van der Waals surface area (Å²) in [6.07, 6.45) is 1.09. The van der Waals surface area contributed by atoms with Crippen molar-refractivity contribution in [3.05, 3.63) is 45.9 Å². The van der Waals surface area contributed by atoms with E-state index in [9.17, 15) is 13.2 Å². The molecule has 2 aromatic carbocycles. The van der Waals surface area contributed by atoms with E-state index in [1.54, 1.807) is 42.2 Å². The lowest BCUT2D eigenvalue weighted by atomic mass is 10.2. The van der Waals surface area contributed by atoms with Crippen LogP contribution in [0.1, 0.15) is 24.5 Å². The minimum atomic E-state index is -3.79. The Balaban J connectivity index is 1.58. The summed E-state index contributed by atoms with van der Waals surface area (Å²) >= 11 is 3.37. The molecule has 7 nitrogen and oxygen atoms in total. The van der Waals surface area contributed by atoms with Gasteiger partial charge in [0.05, 0.1) is 4.90 Å². The van der Waals surface area contributed by atoms with Crippen LogP contribution in [0, 0.1) is 0 Å². The molecule has 0 aliphatic carbocycles. The van der Waals surface area contributed by atoms with Crippen LogP contribution in [-0.4, -0.2) is 27.7 Å². The first-order valence-electron chi connectivity index (χ1n) is 8.90. The highest BCUT2D eigenvalue weighted by Gasteiger charge is 2.28. The Morgan fingerprint density at radius 2 is 2.00 bits per heavy atom. The summed E-state index contributed by atoms with van der Waals surface area (Å²) in [4.78, 5) is 13.9. The lowest BCUT2D eigenvalue weighted by Crippen LogP contribution is -2.28. The van der Waals surface area contributed by atoms with Gasteiger partial charge in [-0.15, -0.1) is 0 Å². The Hall–Kier alpha value is -2.10. The molecule has 0 radical (unpaired) electrons. The zero-order chi connectivity index (χ0) is 19.9. The smallest absolute Gasteiger partial charge is 0.242 e. The third kappa shape index (κ3) is 3.49. The summed E-state index contributed by atoms with van der Waals surface area (Å²) in [6, 6.07) is 8.65. The summed E-state index contributed by atoms with van der Waals surface area (Å²) in [5.74, 6) is 1.23. The Labute approximate surface area is 171 Å². The molecule has 0 atom stereocenters. The maximum Gasteiger partial charge on any atom is 0.242 e. The molecule has 2 aliphatic heterocycles. The van der Waals surface area contributed by atoms with Crippen LogP contribution in [0.25, 0.3) is 0 Å². The molecule has 9 heteroatoms. The number of carbonyl (C=O) groups is 1. The topological polar surface area (TPSA) is 84.9 Å². The fraction of sp³-hybridized carbons (Fsp3) is 0.316. The number of hydrogen-bond donors (Lipinski definition) is 1. The van der Waals surface area contributed by atoms with Gasteiger partial charge in [0, 0.05) is 29.7 Å². The number of benzene rings is 2. The summed E-state index contributed by atoms with van der Waals surface area (Å²) in [6.45, 7) is 2.64. The number of sulfonamides is 1. The second-order valence-electron chi connectivity index (χ2n) is 6.57. The minimum absolute atomic E-state index is 0.0160. The van der Waals surface area contributed by atoms with Crippen molar-refractivity contribution in [2.75, 3.05) is 18.2 Å². The maximum atomic E-state index is 12.9. The van der Waals surface area contributed by atoms with Gasteiger partial charge in [0.15, 0.2) is 11.5 Å². The maximum absolute atomic E-state index is 12.9. The van der Waals surface area contributed by atoms with Crippen molar-refractivity contribution in [2.45, 2.75) is 31.2 Å². The van der Waals surface area contributed by atoms with Crippen LogP contribution in [0.4, 0.5) is 5.69 Å². The third-order valence-corrected chi connectivity index (χ3v) is 7.18. The second kappa shape index (κ2) is 7.38. The second-order valence-corrected chi connectivity index (χ2v) is 9.16. The predicted octanol–water partition coefficient (Wildman–Crippen LogP) is 2.96. The highest BCUT2D eigenvalue weighted by atomic mass is 79.9. The first-order chi connectivity index (χ1) is 13.4. The van der Waals surface area contributed by atoms with Gasteiger partial charge in [-0.3, -0.25) is 4.79 Å². The van der Waals surface area contributed by atoms with Crippen molar-refractivity contribution in [3.8, 4) is 11.5 Å². The SMILES string of the molecule is CCC(=O)N1CCc2cc(Br)c(S(=O)(=O)NCc3ccc4c(c3)OCO4)cc21. The molecule has 0 saturated carbocycles. The predicted molar refractivity (Wildman–Crippen MR) is 107 cm³/mol. The Bertz CT molecular complexity index is 1050. The van der Waals surface area contributed by atoms with E-state index >= 15 is 0 Å². The average Bonchev–Trinajstić information content (AvgIpc) is 3.31. The third-order valence-electron chi connectivity index (χ3n) is 4.83. The van der Waals surface area contributed by atoms with Gasteiger partial charge in [-0.2, -0.15) is 0 Å². The van der Waals surface area contributed by atoms with E-state index in [4.69, 9.17) is 9.47 Å². The first-order valence-corrected chi connectivity index (χ1v) is 11.2. The van der Waals surface area contributed by atoms with E-state index in [2.05, 4.69) is 20.7 Å². The molecule has 2 aliphatic rings. The number of fused-ring (bicyclic) bond motifs is 2. The van der Waals surface area contributed by atoms with Crippen molar-refractivity contribution in [1.82, 2.24) is 4.72 Å². The Morgan fingerprint density at radius 1 is 1.21 bits per heavy atom. The fourth-order valence-corrected chi connectivity index (χ4v) is 5.48. The molecule has 0 spiro atoms. The zero-order valence-corrected chi connectivity index (χ0v) is 17.6. The van der Waals surface area contributed by atoms with Crippen molar-refractivity contribution < 1.29 is 22.7 Å². The van der Waals surface area contributed by atoms with Gasteiger partial charge in [-0.1, -0.05) is 13.0 Å². The van der Waals surface area contributed by atoms with Gasteiger partial charge in [0.2, 0.25) is 22.7 Å². The van der Waals surface area contributed by atoms with Crippen LogP contribution in [0.15, 0.2) is 39.7 Å². The molecular weight excluding hydrogens is 448 g/mol. The number of hydrogen-bond acceptors (Lipinski definition) is 5. The van der Waals surface area contributed by atoms with Crippen LogP contribution < -0.4 is 19.1 Å². The average molecular weight is 467 g/mol. The standard InChI is InChI=1S/C19H19BrN2O5S/c1-2-19(23)22-6-5-13-8-14(20)18(9-15(13)22)28(24,25)21-10-12-3-4-16-17(7-12)27-11-26-16/h3-4,7-9,21H,2,5-6,10-11H2,1H3. The van der Waals surface area contributed by atoms with Crippen molar-refractivity contribution >= 4 is 37.5 Å². The monoisotopic (exact) mass is 466 g/mol. The highest BCUT2D eigenvalue weighted by molar-refractivity contribution is 9.10. The Kier molecular flexibility index (Phi) is 5.07. The first kappa shape index (κ1) is 19.2. The van der Waals surface area contributed by atoms with Gasteiger partial charge in [0.1, 0.15) is 0 Å². The van der Waals surface area contributed by atoms with Crippen LogP contribution >= 0.6 is 15.9 Å². The van der Waals surface area contributed by atoms with Gasteiger partial charge < -0.3 is 14.4 Å². The molecule has 4 rings (SSSR count). The van der Waals surface area contributed by atoms with Crippen LogP contribution in [0.3, 0.4) is 0 Å². The molecule has 0 bridgehead atoms. The summed E-state index contributed by atoms with van der Waals surface area (Å²) in [7, 11) is -3.79. The lowest BCUT2D eigenvalue weighted by molar-refractivity contribution is -0.118. The van der Waals surface area contributed by atoms with Gasteiger partial charge in [-0.25, -0.2) is 13.1 Å². The van der Waals surface area contributed by atoms with E-state index in [-0.39, 0.29) is 24.1 Å². The highest BCUT2D eigenvalue weighted by Crippen LogP contribution is 2.36. The number of nitrogens with zero attached hydrogens (tertiary/aromatic N) is 1. The summed E-state index contributed by atoms with van der Waals surface area (Å²) < 4.78 is 39.5. The normalized spacial score (nSPS) is 15.0. The minimum Gasteiger partial charge on any atom is -0.454 e.